The van der Waals surface area contributed by atoms with Crippen molar-refractivity contribution in [1.29, 1.82) is 0 Å². The van der Waals surface area contributed by atoms with Crippen molar-refractivity contribution in [2.75, 3.05) is 6.26 Å². The number of benzene rings is 1. The average Bonchev–Trinajstić information content (AvgIpc) is 2.67. The number of H-pyrrole nitrogens is 1. The molecule has 0 fully saturated rings. The lowest BCUT2D eigenvalue weighted by Crippen LogP contribution is -2.01. The first kappa shape index (κ1) is 12.9. The second kappa shape index (κ2) is 4.99. The fraction of sp³-hybridized carbons (Fsp3) is 0.167. The molecule has 0 radical (unpaired) electrons. The lowest BCUT2D eigenvalue weighted by molar-refractivity contribution is 0.104. The van der Waals surface area contributed by atoms with Crippen molar-refractivity contribution in [3.63, 3.8) is 0 Å². The Morgan fingerprint density at radius 2 is 1.89 bits per heavy atom. The molecule has 1 aromatic carbocycles. The van der Waals surface area contributed by atoms with Crippen LogP contribution in [-0.4, -0.2) is 21.2 Å². The molecular weight excluding hydrogens is 270 g/mol. The summed E-state index contributed by atoms with van der Waals surface area (Å²) >= 11 is 0.907. The van der Waals surface area contributed by atoms with Crippen molar-refractivity contribution >= 4 is 27.9 Å². The number of ketones is 1. The first-order valence-electron chi connectivity index (χ1n) is 5.17. The normalized spacial score (nSPS) is 12.3. The van der Waals surface area contributed by atoms with Gasteiger partial charge in [0.1, 0.15) is 0 Å². The Morgan fingerprint density at radius 1 is 1.28 bits per heavy atom. The molecule has 1 unspecified atom stereocenters. The van der Waals surface area contributed by atoms with E-state index in [-0.39, 0.29) is 10.7 Å². The molecule has 1 heterocycles. The van der Waals surface area contributed by atoms with Gasteiger partial charge >= 0.3 is 4.87 Å². The highest BCUT2D eigenvalue weighted by Gasteiger charge is 2.15. The van der Waals surface area contributed by atoms with Crippen molar-refractivity contribution in [2.24, 2.45) is 0 Å². The quantitative estimate of drug-likeness (QED) is 0.871. The number of hydrogen-bond acceptors (Lipinski definition) is 4. The maximum absolute atomic E-state index is 12.1. The molecule has 0 aliphatic carbocycles. The highest BCUT2D eigenvalue weighted by atomic mass is 32.2. The molecule has 2 aromatic rings. The van der Waals surface area contributed by atoms with Crippen molar-refractivity contribution in [3.8, 4) is 0 Å². The van der Waals surface area contributed by atoms with Crippen molar-refractivity contribution in [3.05, 3.63) is 50.1 Å². The zero-order valence-corrected chi connectivity index (χ0v) is 11.5. The van der Waals surface area contributed by atoms with E-state index in [2.05, 4.69) is 4.98 Å². The fourth-order valence-electron chi connectivity index (χ4n) is 1.55. The van der Waals surface area contributed by atoms with Crippen LogP contribution in [0.2, 0.25) is 0 Å². The van der Waals surface area contributed by atoms with Crippen molar-refractivity contribution in [1.82, 2.24) is 4.98 Å². The number of aromatic nitrogens is 1. The number of carbonyl (C=O) groups is 1. The van der Waals surface area contributed by atoms with E-state index < -0.39 is 10.8 Å². The van der Waals surface area contributed by atoms with Gasteiger partial charge in [0.2, 0.25) is 5.78 Å². The van der Waals surface area contributed by atoms with Gasteiger partial charge in [-0.15, -0.1) is 0 Å². The van der Waals surface area contributed by atoms with Gasteiger partial charge < -0.3 is 4.98 Å². The van der Waals surface area contributed by atoms with Gasteiger partial charge in [-0.3, -0.25) is 13.8 Å². The molecule has 94 valence electrons. The van der Waals surface area contributed by atoms with Gasteiger partial charge in [-0.25, -0.2) is 0 Å². The predicted octanol–water partition coefficient (Wildman–Crippen LogP) is 1.71. The Balaban J connectivity index is 2.37. The van der Waals surface area contributed by atoms with E-state index in [4.69, 9.17) is 0 Å². The summed E-state index contributed by atoms with van der Waals surface area (Å²) in [5.74, 6) is -0.190. The minimum absolute atomic E-state index is 0.190. The summed E-state index contributed by atoms with van der Waals surface area (Å²) in [5.41, 5.74) is 1.07. The number of hydrogen-bond donors (Lipinski definition) is 1. The summed E-state index contributed by atoms with van der Waals surface area (Å²) in [5, 5.41) is 0. The molecule has 1 aromatic heterocycles. The smallest absolute Gasteiger partial charge is 0.305 e. The largest absolute Gasteiger partial charge is 0.316 e. The van der Waals surface area contributed by atoms with Gasteiger partial charge in [-0.2, -0.15) is 0 Å². The van der Waals surface area contributed by atoms with Crippen LogP contribution in [-0.2, 0) is 10.8 Å². The van der Waals surface area contributed by atoms with Crippen LogP contribution in [0.4, 0.5) is 0 Å². The maximum Gasteiger partial charge on any atom is 0.305 e. The van der Waals surface area contributed by atoms with Gasteiger partial charge in [0.05, 0.1) is 4.88 Å². The maximum atomic E-state index is 12.1. The molecule has 0 amide bonds. The van der Waals surface area contributed by atoms with Crippen LogP contribution in [0.25, 0.3) is 0 Å². The summed E-state index contributed by atoms with van der Waals surface area (Å²) in [7, 11) is -1.06. The summed E-state index contributed by atoms with van der Waals surface area (Å²) in [4.78, 5) is 26.7. The molecule has 0 saturated carbocycles. The van der Waals surface area contributed by atoms with Gasteiger partial charge in [0.15, 0.2) is 0 Å². The van der Waals surface area contributed by atoms with Gasteiger partial charge in [-0.1, -0.05) is 11.3 Å². The predicted molar refractivity (Wildman–Crippen MR) is 71.9 cm³/mol. The second-order valence-electron chi connectivity index (χ2n) is 3.78. The summed E-state index contributed by atoms with van der Waals surface area (Å²) < 4.78 is 11.2. The number of aryl methyl sites for hydroxylation is 1. The Kier molecular flexibility index (Phi) is 3.58. The van der Waals surface area contributed by atoms with Crippen molar-refractivity contribution in [2.45, 2.75) is 11.8 Å². The van der Waals surface area contributed by atoms with Gasteiger partial charge in [0.25, 0.3) is 0 Å². The average molecular weight is 281 g/mol. The van der Waals surface area contributed by atoms with Crippen LogP contribution in [0.3, 0.4) is 0 Å². The third kappa shape index (κ3) is 2.49. The van der Waals surface area contributed by atoms with Crippen LogP contribution >= 0.6 is 11.3 Å². The van der Waals surface area contributed by atoms with Gasteiger partial charge in [0, 0.05) is 33.2 Å². The van der Waals surface area contributed by atoms with Crippen molar-refractivity contribution < 1.29 is 9.00 Å². The van der Waals surface area contributed by atoms with E-state index in [1.165, 1.54) is 0 Å². The number of thiazole rings is 1. The molecule has 18 heavy (non-hydrogen) atoms. The van der Waals surface area contributed by atoms with E-state index in [9.17, 15) is 13.8 Å². The molecule has 0 aliphatic heterocycles. The van der Waals surface area contributed by atoms with E-state index in [0.29, 0.717) is 21.0 Å². The summed E-state index contributed by atoms with van der Waals surface area (Å²) in [6.45, 7) is 1.70. The Bertz CT molecular complexity index is 667. The minimum atomic E-state index is -1.06. The van der Waals surface area contributed by atoms with Crippen LogP contribution < -0.4 is 4.87 Å². The number of carbonyl (C=O) groups excluding carboxylic acids is 1. The Morgan fingerprint density at radius 3 is 2.33 bits per heavy atom. The standard InChI is InChI=1S/C12H11NO3S2/c1-7-11(17-12(15)13-7)10(14)8-3-5-9(6-4-8)18(2)16/h3-6H,1-2H3,(H,13,15). The van der Waals surface area contributed by atoms with Crippen LogP contribution in [0.1, 0.15) is 20.9 Å². The monoisotopic (exact) mass is 281 g/mol. The van der Waals surface area contributed by atoms with E-state index in [1.807, 2.05) is 0 Å². The molecule has 0 spiro atoms. The topological polar surface area (TPSA) is 67.0 Å². The molecule has 0 aliphatic rings. The van der Waals surface area contributed by atoms with E-state index in [1.54, 1.807) is 37.4 Å². The molecule has 2 rings (SSSR count). The highest BCUT2D eigenvalue weighted by molar-refractivity contribution is 7.84. The third-order valence-electron chi connectivity index (χ3n) is 2.48. The summed E-state index contributed by atoms with van der Waals surface area (Å²) in [6, 6.07) is 6.58. The molecule has 4 nitrogen and oxygen atoms in total. The zero-order chi connectivity index (χ0) is 13.3. The molecule has 6 heteroatoms. The fourth-order valence-corrected chi connectivity index (χ4v) is 2.87. The lowest BCUT2D eigenvalue weighted by Gasteiger charge is -2.00. The molecule has 0 saturated heterocycles. The summed E-state index contributed by atoms with van der Waals surface area (Å²) in [6.07, 6.45) is 1.58. The molecule has 1 N–H and O–H groups in total. The zero-order valence-electron chi connectivity index (χ0n) is 9.85. The Labute approximate surface area is 110 Å². The molecule has 1 atom stereocenters. The van der Waals surface area contributed by atoms with E-state index >= 15 is 0 Å². The number of rotatable bonds is 3. The van der Waals surface area contributed by atoms with Crippen LogP contribution in [0, 0.1) is 6.92 Å². The van der Waals surface area contributed by atoms with E-state index in [0.717, 1.165) is 11.3 Å². The second-order valence-corrected chi connectivity index (χ2v) is 6.14. The van der Waals surface area contributed by atoms with Gasteiger partial charge in [-0.05, 0) is 31.2 Å². The third-order valence-corrected chi connectivity index (χ3v) is 4.40. The first-order valence-corrected chi connectivity index (χ1v) is 7.54. The molecule has 0 bridgehead atoms. The SMILES string of the molecule is Cc1[nH]c(=O)sc1C(=O)c1ccc(S(C)=O)cc1. The minimum Gasteiger partial charge on any atom is -0.316 e. The first-order chi connectivity index (χ1) is 8.49. The molecular formula is C12H11NO3S2. The van der Waals surface area contributed by atoms with Crippen LogP contribution in [0.5, 0.6) is 0 Å². The number of aromatic amines is 1. The van der Waals surface area contributed by atoms with Crippen LogP contribution in [0.15, 0.2) is 34.0 Å². The number of nitrogens with one attached hydrogen (secondary N) is 1. The lowest BCUT2D eigenvalue weighted by atomic mass is 10.1. The highest BCUT2D eigenvalue weighted by Crippen LogP contribution is 2.16. The Hall–Kier alpha value is -1.53.